The van der Waals surface area contributed by atoms with Crippen molar-refractivity contribution in [3.8, 4) is 0 Å². The van der Waals surface area contributed by atoms with Crippen LogP contribution >= 0.6 is 31.9 Å². The molecule has 1 aliphatic carbocycles. The SMILES string of the molecule is [O-][S+](C1=CC(Br)(c2cccnc2F)[CH]C(Br)=C1)C(F)(F)C(F)(F)C(F)(F)F. The molecule has 2 rings (SSSR count). The molecule has 1 radical (unpaired) electrons. The Hall–Kier alpha value is -0.660. The Bertz CT molecular complexity index is 798. The van der Waals surface area contributed by atoms with Gasteiger partial charge >= 0.3 is 17.4 Å². The third-order valence-corrected chi connectivity index (χ3v) is 6.05. The molecule has 0 aliphatic heterocycles. The molecule has 0 saturated heterocycles. The molecular formula is C14H6Br2F8NOS. The van der Waals surface area contributed by atoms with Crippen LogP contribution in [0.1, 0.15) is 5.56 Å². The van der Waals surface area contributed by atoms with E-state index in [-0.39, 0.29) is 10.0 Å². The molecule has 0 N–H and O–H groups in total. The van der Waals surface area contributed by atoms with Crippen molar-refractivity contribution < 1.29 is 39.7 Å². The summed E-state index contributed by atoms with van der Waals surface area (Å²) in [6.45, 7) is 0. The second-order valence-electron chi connectivity index (χ2n) is 5.19. The summed E-state index contributed by atoms with van der Waals surface area (Å²) in [4.78, 5) is 2.27. The maximum absolute atomic E-state index is 13.9. The normalized spacial score (nSPS) is 22.9. The van der Waals surface area contributed by atoms with Gasteiger partial charge in [0.05, 0.1) is 15.5 Å². The molecule has 1 aromatic heterocycles. The highest BCUT2D eigenvalue weighted by molar-refractivity contribution is 9.12. The number of hydrogen-bond acceptors (Lipinski definition) is 2. The van der Waals surface area contributed by atoms with Gasteiger partial charge < -0.3 is 4.55 Å². The van der Waals surface area contributed by atoms with Gasteiger partial charge in [-0.25, -0.2) is 4.98 Å². The zero-order valence-electron chi connectivity index (χ0n) is 12.5. The molecule has 0 saturated carbocycles. The first-order chi connectivity index (χ1) is 12.1. The van der Waals surface area contributed by atoms with Gasteiger partial charge in [-0.3, -0.25) is 0 Å². The van der Waals surface area contributed by atoms with Gasteiger partial charge in [0.15, 0.2) is 4.91 Å². The van der Waals surface area contributed by atoms with E-state index in [9.17, 15) is 39.7 Å². The molecule has 0 fully saturated rings. The topological polar surface area (TPSA) is 36.0 Å². The minimum Gasteiger partial charge on any atom is -0.607 e. The molecule has 2 nitrogen and oxygen atoms in total. The van der Waals surface area contributed by atoms with E-state index in [4.69, 9.17) is 0 Å². The number of allylic oxidation sites excluding steroid dienone is 3. The van der Waals surface area contributed by atoms with Crippen molar-refractivity contribution in [2.75, 3.05) is 0 Å². The van der Waals surface area contributed by atoms with Crippen LogP contribution in [-0.4, -0.2) is 26.9 Å². The van der Waals surface area contributed by atoms with E-state index >= 15 is 0 Å². The first-order valence-corrected chi connectivity index (χ1v) is 9.37. The molecule has 149 valence electrons. The molecule has 0 bridgehead atoms. The lowest BCUT2D eigenvalue weighted by atomic mass is 9.93. The molecule has 2 atom stereocenters. The van der Waals surface area contributed by atoms with E-state index < -0.39 is 43.7 Å². The Morgan fingerprint density at radius 3 is 2.22 bits per heavy atom. The van der Waals surface area contributed by atoms with Crippen LogP contribution in [0.4, 0.5) is 35.1 Å². The quantitative estimate of drug-likeness (QED) is 0.209. The second-order valence-corrected chi connectivity index (χ2v) is 8.94. The number of alkyl halides is 8. The van der Waals surface area contributed by atoms with Crippen molar-refractivity contribution in [1.82, 2.24) is 4.98 Å². The summed E-state index contributed by atoms with van der Waals surface area (Å²) in [7, 11) is 0. The largest absolute Gasteiger partial charge is 0.607 e. The number of pyridine rings is 1. The first kappa shape index (κ1) is 22.6. The van der Waals surface area contributed by atoms with Crippen molar-refractivity contribution in [2.24, 2.45) is 0 Å². The lowest BCUT2D eigenvalue weighted by Crippen LogP contribution is -2.56. The van der Waals surface area contributed by atoms with Gasteiger partial charge in [0.2, 0.25) is 5.95 Å². The number of nitrogens with zero attached hydrogens (tertiary/aromatic N) is 1. The van der Waals surface area contributed by atoms with Crippen LogP contribution in [0.15, 0.2) is 39.9 Å². The molecule has 27 heavy (non-hydrogen) atoms. The molecule has 2 unspecified atom stereocenters. The predicted octanol–water partition coefficient (Wildman–Crippen LogP) is 5.73. The lowest BCUT2D eigenvalue weighted by molar-refractivity contribution is -0.331. The lowest BCUT2D eigenvalue weighted by Gasteiger charge is -2.32. The molecular weight excluding hydrogens is 542 g/mol. The van der Waals surface area contributed by atoms with Crippen LogP contribution < -0.4 is 0 Å². The van der Waals surface area contributed by atoms with Gasteiger partial charge in [-0.15, -0.1) is 8.78 Å². The maximum atomic E-state index is 13.9. The van der Waals surface area contributed by atoms with Crippen molar-refractivity contribution in [2.45, 2.75) is 21.7 Å². The summed E-state index contributed by atoms with van der Waals surface area (Å²) in [5.74, 6) is -7.62. The monoisotopic (exact) mass is 546 g/mol. The molecule has 0 aromatic carbocycles. The second kappa shape index (κ2) is 7.30. The highest BCUT2D eigenvalue weighted by Crippen LogP contribution is 2.53. The van der Waals surface area contributed by atoms with Gasteiger partial charge in [-0.2, -0.15) is 26.3 Å². The minimum absolute atomic E-state index is 0.111. The Morgan fingerprint density at radius 1 is 1.11 bits per heavy atom. The minimum atomic E-state index is -6.63. The molecule has 0 spiro atoms. The van der Waals surface area contributed by atoms with Crippen LogP contribution in [0.25, 0.3) is 0 Å². The zero-order chi connectivity index (χ0) is 20.8. The molecule has 1 aliphatic rings. The fraction of sp³-hybridized carbons (Fsp3) is 0.286. The highest BCUT2D eigenvalue weighted by atomic mass is 79.9. The van der Waals surface area contributed by atoms with Crippen LogP contribution in [-0.2, 0) is 15.5 Å². The van der Waals surface area contributed by atoms with Gasteiger partial charge in [-0.05, 0) is 12.1 Å². The van der Waals surface area contributed by atoms with Crippen LogP contribution in [0.3, 0.4) is 0 Å². The zero-order valence-corrected chi connectivity index (χ0v) is 16.5. The molecule has 1 heterocycles. The predicted molar refractivity (Wildman–Crippen MR) is 88.3 cm³/mol. The average molecular weight is 548 g/mol. The highest BCUT2D eigenvalue weighted by Gasteiger charge is 2.80. The molecule has 13 heteroatoms. The third-order valence-electron chi connectivity index (χ3n) is 3.32. The summed E-state index contributed by atoms with van der Waals surface area (Å²) < 4.78 is 115. The maximum Gasteiger partial charge on any atom is 0.486 e. The van der Waals surface area contributed by atoms with Gasteiger partial charge in [0, 0.05) is 28.7 Å². The van der Waals surface area contributed by atoms with Crippen molar-refractivity contribution in [3.63, 3.8) is 0 Å². The molecule has 0 amide bonds. The van der Waals surface area contributed by atoms with E-state index in [0.29, 0.717) is 12.2 Å². The smallest absolute Gasteiger partial charge is 0.486 e. The number of hydrogen-bond donors (Lipinski definition) is 0. The summed E-state index contributed by atoms with van der Waals surface area (Å²) in [5, 5.41) is -5.97. The number of halogens is 10. The summed E-state index contributed by atoms with van der Waals surface area (Å²) in [6.07, 6.45) is -3.05. The van der Waals surface area contributed by atoms with E-state index in [0.717, 1.165) is 6.20 Å². The fourth-order valence-electron chi connectivity index (χ4n) is 2.03. The number of rotatable bonds is 4. The molecule has 1 aromatic rings. The van der Waals surface area contributed by atoms with Gasteiger partial charge in [0.1, 0.15) is 0 Å². The van der Waals surface area contributed by atoms with E-state index in [1.54, 1.807) is 0 Å². The third kappa shape index (κ3) is 4.06. The van der Waals surface area contributed by atoms with Crippen LogP contribution in [0.2, 0.25) is 0 Å². The fourth-order valence-corrected chi connectivity index (χ4v) is 5.21. The standard InChI is InChI=1S/C14H6Br2F8NOS/c15-7-4-8(27(26)14(23,24)12(18,19)13(20,21)22)6-11(16,5-7)9-2-1-3-25-10(9)17/h1-6H. The van der Waals surface area contributed by atoms with E-state index in [1.807, 2.05) is 0 Å². The summed E-state index contributed by atoms with van der Waals surface area (Å²) in [5.41, 5.74) is -0.268. The van der Waals surface area contributed by atoms with Crippen molar-refractivity contribution in [3.05, 3.63) is 57.8 Å². The van der Waals surface area contributed by atoms with E-state index in [1.165, 1.54) is 18.6 Å². The summed E-state index contributed by atoms with van der Waals surface area (Å²) >= 11 is 1.72. The Morgan fingerprint density at radius 2 is 1.70 bits per heavy atom. The summed E-state index contributed by atoms with van der Waals surface area (Å²) in [6, 6.07) is 2.44. The van der Waals surface area contributed by atoms with Gasteiger partial charge in [-0.1, -0.05) is 37.9 Å². The van der Waals surface area contributed by atoms with Crippen LogP contribution in [0.5, 0.6) is 0 Å². The van der Waals surface area contributed by atoms with Gasteiger partial charge in [0.25, 0.3) is 0 Å². The number of aromatic nitrogens is 1. The van der Waals surface area contributed by atoms with Crippen molar-refractivity contribution >= 4 is 43.0 Å². The van der Waals surface area contributed by atoms with Crippen molar-refractivity contribution in [1.29, 1.82) is 0 Å². The van der Waals surface area contributed by atoms with Crippen LogP contribution in [0, 0.1) is 12.4 Å². The van der Waals surface area contributed by atoms with E-state index in [2.05, 4.69) is 36.8 Å². The Labute approximate surface area is 167 Å². The Balaban J connectivity index is 2.53. The Kier molecular flexibility index (Phi) is 6.12. The average Bonchev–Trinajstić information content (AvgIpc) is 2.52. The first-order valence-electron chi connectivity index (χ1n) is 6.63.